The smallest absolute Gasteiger partial charge is 0.0741 e. The van der Waals surface area contributed by atoms with E-state index in [1.54, 1.807) is 0 Å². The fraction of sp³-hybridized carbons (Fsp3) is 0.385. The average Bonchev–Trinajstić information content (AvgIpc) is 2.68. The number of benzene rings is 1. The van der Waals surface area contributed by atoms with Gasteiger partial charge in [0, 0.05) is 29.2 Å². The third-order valence-corrected chi connectivity index (χ3v) is 2.64. The lowest BCUT2D eigenvalue weighted by Gasteiger charge is -2.06. The number of rotatable bonds is 4. The predicted octanol–water partition coefficient (Wildman–Crippen LogP) is 2.55. The molecule has 0 radical (unpaired) electrons. The second kappa shape index (κ2) is 4.68. The minimum Gasteiger partial charge on any atom is -0.374 e. The monoisotopic (exact) mass is 218 g/mol. The van der Waals surface area contributed by atoms with Gasteiger partial charge in [0.25, 0.3) is 0 Å². The fourth-order valence-electron chi connectivity index (χ4n) is 1.73. The summed E-state index contributed by atoms with van der Waals surface area (Å²) in [7, 11) is 0. The van der Waals surface area contributed by atoms with Crippen LogP contribution in [0.3, 0.4) is 0 Å². The van der Waals surface area contributed by atoms with Crippen LogP contribution >= 0.6 is 0 Å². The summed E-state index contributed by atoms with van der Waals surface area (Å²) in [4.78, 5) is 3.24. The van der Waals surface area contributed by atoms with E-state index in [4.69, 9.17) is 10.5 Å². The molecule has 3 N–H and O–H groups in total. The minimum atomic E-state index is 0.252. The van der Waals surface area contributed by atoms with Crippen molar-refractivity contribution in [3.63, 3.8) is 0 Å². The maximum absolute atomic E-state index is 5.64. The van der Waals surface area contributed by atoms with Gasteiger partial charge in [-0.3, -0.25) is 0 Å². The average molecular weight is 218 g/mol. The molecule has 0 saturated heterocycles. The number of nitrogens with two attached hydrogens (primary N) is 1. The first-order valence-electron chi connectivity index (χ1n) is 5.61. The van der Waals surface area contributed by atoms with Crippen molar-refractivity contribution in [2.24, 2.45) is 5.73 Å². The molecule has 0 aliphatic heterocycles. The topological polar surface area (TPSA) is 51.0 Å². The molecule has 1 heterocycles. The number of ether oxygens (including phenoxy) is 1. The largest absolute Gasteiger partial charge is 0.374 e. The summed E-state index contributed by atoms with van der Waals surface area (Å²) < 4.78 is 5.62. The highest BCUT2D eigenvalue weighted by atomic mass is 16.5. The molecule has 0 aliphatic rings. The van der Waals surface area contributed by atoms with Gasteiger partial charge in [-0.1, -0.05) is 6.07 Å². The lowest BCUT2D eigenvalue weighted by molar-refractivity contribution is 0.0664. The zero-order valence-electron chi connectivity index (χ0n) is 9.79. The molecule has 2 rings (SSSR count). The Morgan fingerprint density at radius 2 is 2.19 bits per heavy atom. The highest BCUT2D eigenvalue weighted by molar-refractivity contribution is 5.83. The Balaban J connectivity index is 2.30. The second-order valence-electron chi connectivity index (χ2n) is 4.26. The van der Waals surface area contributed by atoms with Crippen LogP contribution in [-0.4, -0.2) is 11.1 Å². The number of hydrogen-bond acceptors (Lipinski definition) is 2. The van der Waals surface area contributed by atoms with Crippen molar-refractivity contribution >= 4 is 10.9 Å². The summed E-state index contributed by atoms with van der Waals surface area (Å²) in [6.45, 7) is 5.30. The first-order chi connectivity index (χ1) is 7.70. The quantitative estimate of drug-likeness (QED) is 0.828. The van der Waals surface area contributed by atoms with Crippen LogP contribution in [0.25, 0.3) is 10.9 Å². The van der Waals surface area contributed by atoms with Crippen molar-refractivity contribution in [2.75, 3.05) is 0 Å². The molecule has 0 aliphatic carbocycles. The normalized spacial score (nSPS) is 11.5. The van der Waals surface area contributed by atoms with Crippen molar-refractivity contribution in [2.45, 2.75) is 33.1 Å². The van der Waals surface area contributed by atoms with E-state index < -0.39 is 0 Å². The van der Waals surface area contributed by atoms with E-state index in [1.807, 2.05) is 26.1 Å². The number of H-pyrrole nitrogens is 1. The predicted molar refractivity (Wildman–Crippen MR) is 66.1 cm³/mol. The molecule has 0 spiro atoms. The van der Waals surface area contributed by atoms with E-state index in [2.05, 4.69) is 17.1 Å². The van der Waals surface area contributed by atoms with E-state index >= 15 is 0 Å². The molecule has 2 aromatic rings. The van der Waals surface area contributed by atoms with Crippen molar-refractivity contribution in [3.8, 4) is 0 Å². The van der Waals surface area contributed by atoms with Crippen LogP contribution in [0.5, 0.6) is 0 Å². The van der Waals surface area contributed by atoms with Gasteiger partial charge in [-0.25, -0.2) is 0 Å². The Morgan fingerprint density at radius 3 is 2.88 bits per heavy atom. The van der Waals surface area contributed by atoms with Gasteiger partial charge in [-0.05, 0) is 31.5 Å². The second-order valence-corrected chi connectivity index (χ2v) is 4.26. The zero-order valence-corrected chi connectivity index (χ0v) is 9.79. The van der Waals surface area contributed by atoms with Crippen molar-refractivity contribution < 1.29 is 4.74 Å². The van der Waals surface area contributed by atoms with Gasteiger partial charge in [0.1, 0.15) is 0 Å². The van der Waals surface area contributed by atoms with Crippen LogP contribution in [0.1, 0.15) is 25.0 Å². The number of aromatic nitrogens is 1. The lowest BCUT2D eigenvalue weighted by Crippen LogP contribution is -2.01. The van der Waals surface area contributed by atoms with Crippen LogP contribution in [-0.2, 0) is 17.9 Å². The zero-order chi connectivity index (χ0) is 11.5. The summed E-state index contributed by atoms with van der Waals surface area (Å²) >= 11 is 0. The van der Waals surface area contributed by atoms with E-state index in [1.165, 1.54) is 10.9 Å². The minimum absolute atomic E-state index is 0.252. The van der Waals surface area contributed by atoms with Crippen LogP contribution in [0.2, 0.25) is 0 Å². The third-order valence-electron chi connectivity index (χ3n) is 2.64. The molecule has 0 amide bonds. The molecule has 3 nitrogen and oxygen atoms in total. The van der Waals surface area contributed by atoms with Gasteiger partial charge >= 0.3 is 0 Å². The Hall–Kier alpha value is -1.32. The van der Waals surface area contributed by atoms with E-state index in [0.29, 0.717) is 13.2 Å². The molecule has 0 unspecified atom stereocenters. The van der Waals surface area contributed by atoms with Crippen molar-refractivity contribution in [1.82, 2.24) is 4.98 Å². The Kier molecular flexibility index (Phi) is 3.27. The highest BCUT2D eigenvalue weighted by Crippen LogP contribution is 2.20. The molecule has 0 fully saturated rings. The number of hydrogen-bond donors (Lipinski definition) is 2. The first-order valence-corrected chi connectivity index (χ1v) is 5.61. The third kappa shape index (κ3) is 2.26. The molecule has 1 aromatic carbocycles. The Bertz CT molecular complexity index is 474. The number of nitrogens with one attached hydrogen (secondary N) is 1. The van der Waals surface area contributed by atoms with Crippen LogP contribution in [0.15, 0.2) is 24.4 Å². The molecule has 1 aromatic heterocycles. The summed E-state index contributed by atoms with van der Waals surface area (Å²) in [6.07, 6.45) is 2.26. The molecule has 0 saturated carbocycles. The number of fused-ring (bicyclic) bond motifs is 1. The molecule has 3 heteroatoms. The van der Waals surface area contributed by atoms with Gasteiger partial charge in [0.05, 0.1) is 12.7 Å². The molecular weight excluding hydrogens is 200 g/mol. The van der Waals surface area contributed by atoms with Gasteiger partial charge in [0.15, 0.2) is 0 Å². The standard InChI is InChI=1S/C13H18N2O/c1-9(2)16-8-11-7-15-13-4-3-10(6-14)5-12(11)13/h3-5,7,9,15H,6,8,14H2,1-2H3. The SMILES string of the molecule is CC(C)OCc1c[nH]c2ccc(CN)cc12. The van der Waals surface area contributed by atoms with Crippen molar-refractivity contribution in [3.05, 3.63) is 35.5 Å². The van der Waals surface area contributed by atoms with Crippen LogP contribution in [0.4, 0.5) is 0 Å². The molecule has 0 bridgehead atoms. The lowest BCUT2D eigenvalue weighted by atomic mass is 10.1. The van der Waals surface area contributed by atoms with Gasteiger partial charge in [-0.2, -0.15) is 0 Å². The molecule has 0 atom stereocenters. The summed E-state index contributed by atoms with van der Waals surface area (Å²) in [5, 5.41) is 1.21. The maximum atomic E-state index is 5.64. The van der Waals surface area contributed by atoms with Gasteiger partial charge in [-0.15, -0.1) is 0 Å². The Morgan fingerprint density at radius 1 is 1.38 bits per heavy atom. The maximum Gasteiger partial charge on any atom is 0.0741 e. The molecular formula is C13H18N2O. The summed E-state index contributed by atoms with van der Waals surface area (Å²) in [6, 6.07) is 6.24. The van der Waals surface area contributed by atoms with Crippen LogP contribution < -0.4 is 5.73 Å². The van der Waals surface area contributed by atoms with Crippen molar-refractivity contribution in [1.29, 1.82) is 0 Å². The van der Waals surface area contributed by atoms with Gasteiger partial charge < -0.3 is 15.5 Å². The first kappa shape index (κ1) is 11.2. The number of aromatic amines is 1. The molecule has 16 heavy (non-hydrogen) atoms. The Labute approximate surface area is 95.6 Å². The molecule has 86 valence electrons. The summed E-state index contributed by atoms with van der Waals surface area (Å²) in [5.74, 6) is 0. The fourth-order valence-corrected chi connectivity index (χ4v) is 1.73. The van der Waals surface area contributed by atoms with E-state index in [-0.39, 0.29) is 6.10 Å². The summed E-state index contributed by atoms with van der Waals surface area (Å²) in [5.41, 5.74) is 9.12. The highest BCUT2D eigenvalue weighted by Gasteiger charge is 2.05. The van der Waals surface area contributed by atoms with E-state index in [0.717, 1.165) is 11.1 Å². The van der Waals surface area contributed by atoms with E-state index in [9.17, 15) is 0 Å². The van der Waals surface area contributed by atoms with Crippen LogP contribution in [0, 0.1) is 0 Å². The van der Waals surface area contributed by atoms with Gasteiger partial charge in [0.2, 0.25) is 0 Å².